The van der Waals surface area contributed by atoms with E-state index in [0.717, 1.165) is 25.9 Å². The van der Waals surface area contributed by atoms with Gasteiger partial charge in [-0.05, 0) is 57.1 Å². The number of hydrogen-bond donors (Lipinski definition) is 2. The fourth-order valence-electron chi connectivity index (χ4n) is 2.54. The molecule has 2 N–H and O–H groups in total. The maximum Gasteiger partial charge on any atom is 0.240 e. The molecule has 0 bridgehead atoms. The topological polar surface area (TPSA) is 69.6 Å². The molecule has 1 unspecified atom stereocenters. The first-order chi connectivity index (χ1) is 9.92. The molecule has 1 aromatic carbocycles. The zero-order valence-corrected chi connectivity index (χ0v) is 13.4. The fraction of sp³-hybridized carbons (Fsp3) is 0.600. The second kappa shape index (κ2) is 6.87. The van der Waals surface area contributed by atoms with Crippen LogP contribution in [0.3, 0.4) is 0 Å². The van der Waals surface area contributed by atoms with Gasteiger partial charge in [0.05, 0.1) is 11.0 Å². The molecule has 118 valence electrons. The first-order valence-corrected chi connectivity index (χ1v) is 8.89. The average Bonchev–Trinajstić information content (AvgIpc) is 2.49. The Hall–Kier alpha value is -0.950. The van der Waals surface area contributed by atoms with E-state index < -0.39 is 16.1 Å². The van der Waals surface area contributed by atoms with E-state index in [1.807, 2.05) is 14.0 Å². The van der Waals surface area contributed by atoms with Gasteiger partial charge in [0.25, 0.3) is 0 Å². The van der Waals surface area contributed by atoms with Gasteiger partial charge in [0.2, 0.25) is 10.0 Å². The Morgan fingerprint density at radius 3 is 2.67 bits per heavy atom. The highest BCUT2D eigenvalue weighted by atomic mass is 32.2. The van der Waals surface area contributed by atoms with Crippen molar-refractivity contribution in [2.24, 2.45) is 0 Å². The summed E-state index contributed by atoms with van der Waals surface area (Å²) in [5, 5.41) is 9.85. The maximum absolute atomic E-state index is 12.4. The van der Waals surface area contributed by atoms with Crippen LogP contribution in [-0.2, 0) is 10.0 Å². The van der Waals surface area contributed by atoms with E-state index in [4.69, 9.17) is 0 Å². The molecule has 1 atom stereocenters. The van der Waals surface area contributed by atoms with Crippen LogP contribution >= 0.6 is 0 Å². The predicted molar refractivity (Wildman–Crippen MR) is 82.5 cm³/mol. The molecule has 6 heteroatoms. The van der Waals surface area contributed by atoms with E-state index in [9.17, 15) is 13.5 Å². The van der Waals surface area contributed by atoms with Crippen molar-refractivity contribution < 1.29 is 13.5 Å². The molecule has 1 aromatic rings. The minimum atomic E-state index is -3.52. The molecule has 0 spiro atoms. The van der Waals surface area contributed by atoms with Crippen LogP contribution in [0.1, 0.15) is 37.9 Å². The Kier molecular flexibility index (Phi) is 5.37. The van der Waals surface area contributed by atoms with E-state index in [0.29, 0.717) is 12.0 Å². The van der Waals surface area contributed by atoms with Crippen molar-refractivity contribution in [3.8, 4) is 0 Å². The molecular weight excluding hydrogens is 288 g/mol. The summed E-state index contributed by atoms with van der Waals surface area (Å²) in [6.07, 6.45) is 1.59. The highest BCUT2D eigenvalue weighted by Crippen LogP contribution is 2.21. The van der Waals surface area contributed by atoms with Gasteiger partial charge in [0, 0.05) is 6.04 Å². The van der Waals surface area contributed by atoms with Crippen LogP contribution in [-0.4, -0.2) is 44.6 Å². The van der Waals surface area contributed by atoms with Crippen molar-refractivity contribution >= 4 is 10.0 Å². The average molecular weight is 312 g/mol. The predicted octanol–water partition coefficient (Wildman–Crippen LogP) is 1.50. The fourth-order valence-corrected chi connectivity index (χ4v) is 3.90. The Bertz CT molecular complexity index is 566. The molecule has 5 nitrogen and oxygen atoms in total. The Balaban J connectivity index is 2.12. The quantitative estimate of drug-likeness (QED) is 0.864. The number of hydrogen-bond acceptors (Lipinski definition) is 4. The molecule has 2 rings (SSSR count). The standard InChI is InChI=1S/C15H24N2O3S/c1-3-15(18)12-5-4-6-14(11-12)21(19,20)16-13-7-9-17(2)10-8-13/h4-6,11,13,15-16,18H,3,7-10H2,1-2H3. The molecule has 1 fully saturated rings. The second-order valence-corrected chi connectivity index (χ2v) is 7.41. The monoisotopic (exact) mass is 312 g/mol. The first kappa shape index (κ1) is 16.4. The summed E-state index contributed by atoms with van der Waals surface area (Å²) in [7, 11) is -1.48. The van der Waals surface area contributed by atoms with Gasteiger partial charge in [-0.2, -0.15) is 0 Å². The van der Waals surface area contributed by atoms with Gasteiger partial charge in [0.1, 0.15) is 0 Å². The SMILES string of the molecule is CCC(O)c1cccc(S(=O)(=O)NC2CCN(C)CC2)c1. The number of nitrogens with zero attached hydrogens (tertiary/aromatic N) is 1. The van der Waals surface area contributed by atoms with Gasteiger partial charge >= 0.3 is 0 Å². The Labute approximate surface area is 127 Å². The van der Waals surface area contributed by atoms with E-state index in [1.165, 1.54) is 0 Å². The zero-order chi connectivity index (χ0) is 15.5. The lowest BCUT2D eigenvalue weighted by molar-refractivity contribution is 0.173. The third-order valence-corrected chi connectivity index (χ3v) is 5.50. The van der Waals surface area contributed by atoms with Gasteiger partial charge in [-0.1, -0.05) is 19.1 Å². The van der Waals surface area contributed by atoms with Crippen molar-refractivity contribution in [1.82, 2.24) is 9.62 Å². The van der Waals surface area contributed by atoms with Crippen LogP contribution in [0.25, 0.3) is 0 Å². The molecule has 1 saturated heterocycles. The smallest absolute Gasteiger partial charge is 0.240 e. The molecule has 0 amide bonds. The van der Waals surface area contributed by atoms with Crippen molar-refractivity contribution in [2.45, 2.75) is 43.2 Å². The third-order valence-electron chi connectivity index (χ3n) is 3.98. The molecule has 1 heterocycles. The number of sulfonamides is 1. The number of rotatable bonds is 5. The summed E-state index contributed by atoms with van der Waals surface area (Å²) in [5.41, 5.74) is 0.642. The van der Waals surface area contributed by atoms with E-state index in [-0.39, 0.29) is 10.9 Å². The van der Waals surface area contributed by atoms with Crippen molar-refractivity contribution in [1.29, 1.82) is 0 Å². The van der Waals surface area contributed by atoms with E-state index in [2.05, 4.69) is 9.62 Å². The maximum atomic E-state index is 12.4. The summed E-state index contributed by atoms with van der Waals surface area (Å²) in [5.74, 6) is 0. The molecule has 0 radical (unpaired) electrons. The van der Waals surface area contributed by atoms with Gasteiger partial charge in [-0.15, -0.1) is 0 Å². The summed E-state index contributed by atoms with van der Waals surface area (Å²) in [6.45, 7) is 3.67. The van der Waals surface area contributed by atoms with E-state index >= 15 is 0 Å². The largest absolute Gasteiger partial charge is 0.388 e. The Morgan fingerprint density at radius 1 is 1.38 bits per heavy atom. The molecular formula is C15H24N2O3S. The lowest BCUT2D eigenvalue weighted by Crippen LogP contribution is -2.43. The highest BCUT2D eigenvalue weighted by Gasteiger charge is 2.23. The van der Waals surface area contributed by atoms with Crippen molar-refractivity contribution in [3.63, 3.8) is 0 Å². The van der Waals surface area contributed by atoms with Crippen LogP contribution in [0.2, 0.25) is 0 Å². The highest BCUT2D eigenvalue weighted by molar-refractivity contribution is 7.89. The molecule has 0 aromatic heterocycles. The van der Waals surface area contributed by atoms with E-state index in [1.54, 1.807) is 24.3 Å². The van der Waals surface area contributed by atoms with Crippen molar-refractivity contribution in [2.75, 3.05) is 20.1 Å². The van der Waals surface area contributed by atoms with Crippen LogP contribution in [0.15, 0.2) is 29.2 Å². The first-order valence-electron chi connectivity index (χ1n) is 7.41. The number of piperidine rings is 1. The van der Waals surface area contributed by atoms with Crippen molar-refractivity contribution in [3.05, 3.63) is 29.8 Å². The third kappa shape index (κ3) is 4.26. The molecule has 0 saturated carbocycles. The van der Waals surface area contributed by atoms with Gasteiger partial charge in [-0.3, -0.25) is 0 Å². The van der Waals surface area contributed by atoms with Crippen LogP contribution in [0.5, 0.6) is 0 Å². The zero-order valence-electron chi connectivity index (χ0n) is 12.6. The second-order valence-electron chi connectivity index (χ2n) is 5.70. The van der Waals surface area contributed by atoms with Crippen LogP contribution in [0.4, 0.5) is 0 Å². The normalized spacial score (nSPS) is 19.6. The van der Waals surface area contributed by atoms with Gasteiger partial charge in [0.15, 0.2) is 0 Å². The minimum absolute atomic E-state index is 0.00838. The summed E-state index contributed by atoms with van der Waals surface area (Å²) >= 11 is 0. The van der Waals surface area contributed by atoms with Gasteiger partial charge < -0.3 is 10.0 Å². The molecule has 1 aliphatic rings. The molecule has 1 aliphatic heterocycles. The van der Waals surface area contributed by atoms with Gasteiger partial charge in [-0.25, -0.2) is 13.1 Å². The Morgan fingerprint density at radius 2 is 2.05 bits per heavy atom. The summed E-state index contributed by atoms with van der Waals surface area (Å²) in [6, 6.07) is 6.56. The molecule has 21 heavy (non-hydrogen) atoms. The van der Waals surface area contributed by atoms with Crippen LogP contribution in [0, 0.1) is 0 Å². The lowest BCUT2D eigenvalue weighted by atomic mass is 10.1. The number of aliphatic hydroxyl groups is 1. The lowest BCUT2D eigenvalue weighted by Gasteiger charge is -2.29. The molecule has 0 aliphatic carbocycles. The number of benzene rings is 1. The number of aliphatic hydroxyl groups excluding tert-OH is 1. The summed E-state index contributed by atoms with van der Waals surface area (Å²) in [4.78, 5) is 2.43. The number of likely N-dealkylation sites (tertiary alicyclic amines) is 1. The summed E-state index contributed by atoms with van der Waals surface area (Å²) < 4.78 is 27.7. The number of nitrogens with one attached hydrogen (secondary N) is 1. The van der Waals surface area contributed by atoms with Crippen LogP contribution < -0.4 is 4.72 Å². The minimum Gasteiger partial charge on any atom is -0.388 e.